The average molecular weight is 277 g/mol. The van der Waals surface area contributed by atoms with Crippen LogP contribution >= 0.6 is 0 Å². The minimum Gasteiger partial charge on any atom is -0.481 e. The first-order valence-electron chi connectivity index (χ1n) is 6.43. The van der Waals surface area contributed by atoms with Crippen molar-refractivity contribution in [2.24, 2.45) is 5.92 Å². The van der Waals surface area contributed by atoms with E-state index < -0.39 is 11.9 Å². The van der Waals surface area contributed by atoms with Crippen LogP contribution in [0.1, 0.15) is 18.9 Å². The molecule has 0 spiro atoms. The van der Waals surface area contributed by atoms with Gasteiger partial charge in [-0.2, -0.15) is 0 Å². The Morgan fingerprint density at radius 2 is 2.20 bits per heavy atom. The Kier molecular flexibility index (Phi) is 4.17. The fourth-order valence-corrected chi connectivity index (χ4v) is 2.26. The normalized spacial score (nSPS) is 19.2. The maximum Gasteiger partial charge on any atom is 0.308 e. The number of halogens is 1. The molecule has 5 heteroatoms. The standard InChI is InChI=1S/C15H16FNO3/c1-10(11-3-2-4-13(16)8-11)7-14(18)17-6-5-12(9-17)15(19)20/h2-4,7-8,12H,5-6,9H2,1H3,(H,19,20). The molecule has 1 unspecified atom stereocenters. The van der Waals surface area contributed by atoms with E-state index >= 15 is 0 Å². The number of nitrogens with zero attached hydrogens (tertiary/aromatic N) is 1. The van der Waals surface area contributed by atoms with Gasteiger partial charge in [0.15, 0.2) is 0 Å². The van der Waals surface area contributed by atoms with Gasteiger partial charge in [-0.15, -0.1) is 0 Å². The summed E-state index contributed by atoms with van der Waals surface area (Å²) in [5, 5.41) is 8.91. The van der Waals surface area contributed by atoms with Crippen molar-refractivity contribution in [3.05, 3.63) is 41.7 Å². The number of carboxylic acid groups (broad SMARTS) is 1. The average Bonchev–Trinajstić information content (AvgIpc) is 2.88. The van der Waals surface area contributed by atoms with Gasteiger partial charge in [-0.3, -0.25) is 9.59 Å². The van der Waals surface area contributed by atoms with Crippen LogP contribution in [0.25, 0.3) is 5.57 Å². The van der Waals surface area contributed by atoms with Crippen LogP contribution in [-0.2, 0) is 9.59 Å². The van der Waals surface area contributed by atoms with E-state index in [1.807, 2.05) is 0 Å². The zero-order valence-corrected chi connectivity index (χ0v) is 11.2. The van der Waals surface area contributed by atoms with E-state index in [0.29, 0.717) is 24.1 Å². The lowest BCUT2D eigenvalue weighted by Gasteiger charge is -2.14. The Bertz CT molecular complexity index is 568. The summed E-state index contributed by atoms with van der Waals surface area (Å²) >= 11 is 0. The Morgan fingerprint density at radius 3 is 2.80 bits per heavy atom. The minimum atomic E-state index is -0.869. The smallest absolute Gasteiger partial charge is 0.308 e. The van der Waals surface area contributed by atoms with E-state index in [2.05, 4.69) is 0 Å². The number of carbonyl (C=O) groups excluding carboxylic acids is 1. The van der Waals surface area contributed by atoms with Gasteiger partial charge in [-0.25, -0.2) is 4.39 Å². The SMILES string of the molecule is CC(=CC(=O)N1CCC(C(=O)O)C1)c1cccc(F)c1. The lowest BCUT2D eigenvalue weighted by atomic mass is 10.1. The quantitative estimate of drug-likeness (QED) is 0.861. The molecule has 20 heavy (non-hydrogen) atoms. The number of hydrogen-bond acceptors (Lipinski definition) is 2. The van der Waals surface area contributed by atoms with E-state index in [0.717, 1.165) is 0 Å². The van der Waals surface area contributed by atoms with Crippen molar-refractivity contribution in [3.8, 4) is 0 Å². The van der Waals surface area contributed by atoms with Crippen molar-refractivity contribution < 1.29 is 19.1 Å². The minimum absolute atomic E-state index is 0.226. The summed E-state index contributed by atoms with van der Waals surface area (Å²) in [6.45, 7) is 2.42. The predicted octanol–water partition coefficient (Wildman–Crippen LogP) is 2.16. The van der Waals surface area contributed by atoms with Crippen LogP contribution in [0.3, 0.4) is 0 Å². The molecule has 2 rings (SSSR count). The Balaban J connectivity index is 2.07. The maximum absolute atomic E-state index is 13.1. The number of carbonyl (C=O) groups is 2. The molecule has 1 aromatic carbocycles. The Hall–Kier alpha value is -2.17. The number of aliphatic carboxylic acids is 1. The fraction of sp³-hybridized carbons (Fsp3) is 0.333. The largest absolute Gasteiger partial charge is 0.481 e. The van der Waals surface area contributed by atoms with Gasteiger partial charge in [0.2, 0.25) is 5.91 Å². The molecule has 0 radical (unpaired) electrons. The van der Waals surface area contributed by atoms with E-state index in [4.69, 9.17) is 5.11 Å². The molecule has 0 aliphatic carbocycles. The highest BCUT2D eigenvalue weighted by Crippen LogP contribution is 2.19. The van der Waals surface area contributed by atoms with Crippen LogP contribution in [0.2, 0.25) is 0 Å². The van der Waals surface area contributed by atoms with Gasteiger partial charge in [-0.1, -0.05) is 12.1 Å². The molecule has 1 saturated heterocycles. The van der Waals surface area contributed by atoms with Crippen molar-refractivity contribution >= 4 is 17.4 Å². The summed E-state index contributed by atoms with van der Waals surface area (Å²) in [4.78, 5) is 24.4. The van der Waals surface area contributed by atoms with Gasteiger partial charge in [-0.05, 0) is 36.6 Å². The van der Waals surface area contributed by atoms with Crippen LogP contribution in [-0.4, -0.2) is 35.0 Å². The van der Waals surface area contributed by atoms with Crippen molar-refractivity contribution in [1.29, 1.82) is 0 Å². The van der Waals surface area contributed by atoms with Gasteiger partial charge < -0.3 is 10.0 Å². The van der Waals surface area contributed by atoms with Gasteiger partial charge >= 0.3 is 5.97 Å². The molecule has 1 amide bonds. The maximum atomic E-state index is 13.1. The van der Waals surface area contributed by atoms with Crippen LogP contribution in [0.4, 0.5) is 4.39 Å². The van der Waals surface area contributed by atoms with E-state index in [-0.39, 0.29) is 18.3 Å². The summed E-state index contributed by atoms with van der Waals surface area (Å²) in [7, 11) is 0. The summed E-state index contributed by atoms with van der Waals surface area (Å²) in [5.41, 5.74) is 1.31. The molecule has 0 saturated carbocycles. The van der Waals surface area contributed by atoms with Gasteiger partial charge in [0.1, 0.15) is 5.82 Å². The van der Waals surface area contributed by atoms with Crippen molar-refractivity contribution in [1.82, 2.24) is 4.90 Å². The van der Waals surface area contributed by atoms with Gasteiger partial charge in [0.25, 0.3) is 0 Å². The molecule has 1 N–H and O–H groups in total. The third-order valence-corrected chi connectivity index (χ3v) is 3.47. The highest BCUT2D eigenvalue weighted by Gasteiger charge is 2.29. The molecule has 4 nitrogen and oxygen atoms in total. The number of rotatable bonds is 3. The summed E-state index contributed by atoms with van der Waals surface area (Å²) in [6, 6.07) is 6.02. The highest BCUT2D eigenvalue weighted by molar-refractivity contribution is 5.95. The zero-order chi connectivity index (χ0) is 14.7. The number of hydrogen-bond donors (Lipinski definition) is 1. The third kappa shape index (κ3) is 3.23. The summed E-state index contributed by atoms with van der Waals surface area (Å²) in [5.74, 6) is -1.93. The summed E-state index contributed by atoms with van der Waals surface area (Å²) in [6.07, 6.45) is 1.91. The Morgan fingerprint density at radius 1 is 1.45 bits per heavy atom. The monoisotopic (exact) mass is 277 g/mol. The molecule has 1 heterocycles. The molecule has 0 bridgehead atoms. The number of likely N-dealkylation sites (tertiary alicyclic amines) is 1. The molecule has 1 aliphatic rings. The molecular formula is C15H16FNO3. The second-order valence-electron chi connectivity index (χ2n) is 4.95. The first-order chi connectivity index (χ1) is 9.47. The molecule has 106 valence electrons. The molecule has 1 aromatic rings. The number of allylic oxidation sites excluding steroid dienone is 1. The van der Waals surface area contributed by atoms with Crippen molar-refractivity contribution in [2.75, 3.05) is 13.1 Å². The molecular weight excluding hydrogens is 261 g/mol. The topological polar surface area (TPSA) is 57.6 Å². The van der Waals surface area contributed by atoms with E-state index in [1.54, 1.807) is 19.1 Å². The predicted molar refractivity (Wildman–Crippen MR) is 72.4 cm³/mol. The van der Waals surface area contributed by atoms with Crippen molar-refractivity contribution in [3.63, 3.8) is 0 Å². The second-order valence-corrected chi connectivity index (χ2v) is 4.95. The van der Waals surface area contributed by atoms with E-state index in [1.165, 1.54) is 23.1 Å². The first kappa shape index (κ1) is 14.2. The first-order valence-corrected chi connectivity index (χ1v) is 6.43. The zero-order valence-electron chi connectivity index (χ0n) is 11.2. The van der Waals surface area contributed by atoms with Crippen LogP contribution < -0.4 is 0 Å². The lowest BCUT2D eigenvalue weighted by molar-refractivity contribution is -0.141. The lowest BCUT2D eigenvalue weighted by Crippen LogP contribution is -2.28. The molecule has 1 aliphatic heterocycles. The van der Waals surface area contributed by atoms with Gasteiger partial charge in [0.05, 0.1) is 5.92 Å². The molecule has 1 fully saturated rings. The van der Waals surface area contributed by atoms with E-state index in [9.17, 15) is 14.0 Å². The van der Waals surface area contributed by atoms with Gasteiger partial charge in [0, 0.05) is 19.2 Å². The number of carboxylic acids is 1. The third-order valence-electron chi connectivity index (χ3n) is 3.47. The Labute approximate surface area is 116 Å². The highest BCUT2D eigenvalue weighted by atomic mass is 19.1. The molecule has 0 aromatic heterocycles. The second kappa shape index (κ2) is 5.86. The van der Waals surface area contributed by atoms with Crippen LogP contribution in [0, 0.1) is 11.7 Å². The van der Waals surface area contributed by atoms with Crippen LogP contribution in [0.15, 0.2) is 30.3 Å². The number of amides is 1. The number of benzene rings is 1. The van der Waals surface area contributed by atoms with Crippen molar-refractivity contribution in [2.45, 2.75) is 13.3 Å². The molecule has 1 atom stereocenters. The van der Waals surface area contributed by atoms with Crippen LogP contribution in [0.5, 0.6) is 0 Å². The summed E-state index contributed by atoms with van der Waals surface area (Å²) < 4.78 is 13.1. The fourth-order valence-electron chi connectivity index (χ4n) is 2.26.